The number of carboxylic acid groups (broad SMARTS) is 1. The van der Waals surface area contributed by atoms with Crippen LogP contribution in [0.2, 0.25) is 25.2 Å². The SMILES string of the molecule is C[Si](C)(C)C(CCOC(=O)C=CC(=O)[O-])CC(F)(F)F. The van der Waals surface area contributed by atoms with E-state index in [9.17, 15) is 27.9 Å². The molecule has 20 heavy (non-hydrogen) atoms. The minimum absolute atomic E-state index is 0.111. The Morgan fingerprint density at radius 1 is 1.25 bits per heavy atom. The first-order valence-electron chi connectivity index (χ1n) is 6.04. The number of carboxylic acids is 1. The van der Waals surface area contributed by atoms with E-state index < -0.39 is 38.2 Å². The number of hydrogen-bond acceptors (Lipinski definition) is 4. The molecule has 0 aromatic carbocycles. The number of aliphatic carboxylic acids is 1. The van der Waals surface area contributed by atoms with Gasteiger partial charge in [0.05, 0.1) is 12.6 Å². The number of esters is 1. The third-order valence-corrected chi connectivity index (χ3v) is 5.71. The summed E-state index contributed by atoms with van der Waals surface area (Å²) in [7, 11) is -2.04. The normalized spacial score (nSPS) is 14.3. The van der Waals surface area contributed by atoms with Gasteiger partial charge in [-0.1, -0.05) is 19.6 Å². The van der Waals surface area contributed by atoms with Gasteiger partial charge in [-0.2, -0.15) is 13.2 Å². The maximum absolute atomic E-state index is 12.5. The summed E-state index contributed by atoms with van der Waals surface area (Å²) in [6.07, 6.45) is -3.85. The van der Waals surface area contributed by atoms with E-state index in [2.05, 4.69) is 4.74 Å². The fourth-order valence-electron chi connectivity index (χ4n) is 1.61. The monoisotopic (exact) mass is 311 g/mol. The molecule has 0 heterocycles. The van der Waals surface area contributed by atoms with E-state index in [1.165, 1.54) is 0 Å². The molecule has 116 valence electrons. The number of rotatable bonds is 7. The maximum atomic E-state index is 12.5. The molecular formula is C12H18F3O4Si-. The van der Waals surface area contributed by atoms with Crippen molar-refractivity contribution in [1.29, 1.82) is 0 Å². The number of alkyl halides is 3. The van der Waals surface area contributed by atoms with Gasteiger partial charge in [-0.15, -0.1) is 0 Å². The van der Waals surface area contributed by atoms with Crippen LogP contribution in [-0.4, -0.2) is 32.8 Å². The van der Waals surface area contributed by atoms with Crippen molar-refractivity contribution in [2.75, 3.05) is 6.61 Å². The first-order chi connectivity index (χ1) is 8.92. The third kappa shape index (κ3) is 9.60. The lowest BCUT2D eigenvalue weighted by Crippen LogP contribution is -2.32. The minimum Gasteiger partial charge on any atom is -0.545 e. The van der Waals surface area contributed by atoms with Crippen LogP contribution in [0.25, 0.3) is 0 Å². The molecule has 0 spiro atoms. The zero-order valence-corrected chi connectivity index (χ0v) is 12.6. The highest BCUT2D eigenvalue weighted by atomic mass is 28.3. The molecule has 0 rings (SSSR count). The predicted octanol–water partition coefficient (Wildman–Crippen LogP) is 1.89. The van der Waals surface area contributed by atoms with E-state index in [0.717, 1.165) is 0 Å². The Morgan fingerprint density at radius 2 is 1.80 bits per heavy atom. The molecule has 0 saturated heterocycles. The molecule has 0 aromatic rings. The average molecular weight is 311 g/mol. The molecule has 0 aromatic heterocycles. The topological polar surface area (TPSA) is 66.4 Å². The summed E-state index contributed by atoms with van der Waals surface area (Å²) in [6.45, 7) is 5.30. The van der Waals surface area contributed by atoms with Crippen LogP contribution in [0.1, 0.15) is 12.8 Å². The van der Waals surface area contributed by atoms with Gasteiger partial charge in [0.25, 0.3) is 0 Å². The maximum Gasteiger partial charge on any atom is 0.389 e. The van der Waals surface area contributed by atoms with Crippen LogP contribution >= 0.6 is 0 Å². The number of carbonyl (C=O) groups is 2. The Hall–Kier alpha value is -1.31. The molecule has 8 heteroatoms. The molecule has 0 radical (unpaired) electrons. The Bertz CT molecular complexity index is 372. The second-order valence-corrected chi connectivity index (χ2v) is 11.0. The van der Waals surface area contributed by atoms with E-state index in [1.54, 1.807) is 0 Å². The molecule has 0 saturated carbocycles. The highest BCUT2D eigenvalue weighted by molar-refractivity contribution is 6.77. The van der Waals surface area contributed by atoms with Crippen molar-refractivity contribution < 1.29 is 32.6 Å². The van der Waals surface area contributed by atoms with Crippen molar-refractivity contribution in [3.8, 4) is 0 Å². The third-order valence-electron chi connectivity index (χ3n) is 2.77. The molecule has 4 nitrogen and oxygen atoms in total. The summed E-state index contributed by atoms with van der Waals surface area (Å²) < 4.78 is 42.1. The highest BCUT2D eigenvalue weighted by Gasteiger charge is 2.37. The van der Waals surface area contributed by atoms with Crippen LogP contribution in [0, 0.1) is 0 Å². The van der Waals surface area contributed by atoms with Crippen LogP contribution in [0.15, 0.2) is 12.2 Å². The van der Waals surface area contributed by atoms with Crippen LogP contribution in [-0.2, 0) is 14.3 Å². The quantitative estimate of drug-likeness (QED) is 0.409. The van der Waals surface area contributed by atoms with Crippen molar-refractivity contribution in [3.63, 3.8) is 0 Å². The Balaban J connectivity index is 4.35. The summed E-state index contributed by atoms with van der Waals surface area (Å²) in [4.78, 5) is 21.1. The zero-order valence-electron chi connectivity index (χ0n) is 11.6. The van der Waals surface area contributed by atoms with E-state index in [-0.39, 0.29) is 13.0 Å². The van der Waals surface area contributed by atoms with Crippen molar-refractivity contribution in [3.05, 3.63) is 12.2 Å². The Labute approximate surface area is 116 Å². The number of hydrogen-bond donors (Lipinski definition) is 0. The Morgan fingerprint density at radius 3 is 2.20 bits per heavy atom. The first-order valence-corrected chi connectivity index (χ1v) is 9.62. The molecule has 0 N–H and O–H groups in total. The van der Waals surface area contributed by atoms with Gasteiger partial charge in [-0.25, -0.2) is 4.79 Å². The fraction of sp³-hybridized carbons (Fsp3) is 0.667. The molecule has 0 aliphatic rings. The minimum atomic E-state index is -4.25. The van der Waals surface area contributed by atoms with Gasteiger partial charge in [0.1, 0.15) is 0 Å². The lowest BCUT2D eigenvalue weighted by molar-refractivity contribution is -0.297. The molecule has 0 amide bonds. The summed E-state index contributed by atoms with van der Waals surface area (Å²) in [5, 5.41) is 10.0. The van der Waals surface area contributed by atoms with Crippen LogP contribution in [0.3, 0.4) is 0 Å². The van der Waals surface area contributed by atoms with Crippen LogP contribution in [0.5, 0.6) is 0 Å². The zero-order chi connectivity index (χ0) is 16.0. The summed E-state index contributed by atoms with van der Waals surface area (Å²) in [5.74, 6) is -2.45. The highest BCUT2D eigenvalue weighted by Crippen LogP contribution is 2.37. The Kier molecular flexibility index (Phi) is 6.97. The molecular weight excluding hydrogens is 293 g/mol. The van der Waals surface area contributed by atoms with Crippen molar-refractivity contribution in [1.82, 2.24) is 0 Å². The van der Waals surface area contributed by atoms with E-state index in [4.69, 9.17) is 0 Å². The summed E-state index contributed by atoms with van der Waals surface area (Å²) in [6, 6.07) is 0. The van der Waals surface area contributed by atoms with E-state index in [1.807, 2.05) is 19.6 Å². The van der Waals surface area contributed by atoms with Crippen LogP contribution in [0.4, 0.5) is 13.2 Å². The largest absolute Gasteiger partial charge is 0.545 e. The molecule has 0 bridgehead atoms. The van der Waals surface area contributed by atoms with E-state index >= 15 is 0 Å². The van der Waals surface area contributed by atoms with Gasteiger partial charge in [0.15, 0.2) is 0 Å². The molecule has 1 unspecified atom stereocenters. The summed E-state index contributed by atoms with van der Waals surface area (Å²) in [5.41, 5.74) is -0.555. The van der Waals surface area contributed by atoms with Gasteiger partial charge in [-0.3, -0.25) is 0 Å². The lowest BCUT2D eigenvalue weighted by Gasteiger charge is -2.29. The van der Waals surface area contributed by atoms with Gasteiger partial charge in [0.2, 0.25) is 0 Å². The molecule has 0 fully saturated rings. The fourth-order valence-corrected chi connectivity index (χ4v) is 3.43. The first kappa shape index (κ1) is 18.7. The molecule has 0 aliphatic carbocycles. The van der Waals surface area contributed by atoms with Crippen LogP contribution < -0.4 is 5.11 Å². The number of halogens is 3. The summed E-state index contributed by atoms with van der Waals surface area (Å²) >= 11 is 0. The van der Waals surface area contributed by atoms with Crippen molar-refractivity contribution >= 4 is 20.0 Å². The smallest absolute Gasteiger partial charge is 0.389 e. The second-order valence-electron chi connectivity index (χ2n) is 5.49. The van der Waals surface area contributed by atoms with Crippen molar-refractivity contribution in [2.24, 2.45) is 0 Å². The van der Waals surface area contributed by atoms with E-state index in [0.29, 0.717) is 12.2 Å². The number of carbonyl (C=O) groups excluding carboxylic acids is 2. The predicted molar refractivity (Wildman–Crippen MR) is 67.5 cm³/mol. The van der Waals surface area contributed by atoms with Gasteiger partial charge >= 0.3 is 12.1 Å². The standard InChI is InChI=1S/C12H19F3O4Si/c1-20(2,3)9(8-12(13,14)15)6-7-19-11(18)5-4-10(16)17/h4-5,9H,6-8H2,1-3H3,(H,16,17)/p-1. The molecule has 0 aliphatic heterocycles. The lowest BCUT2D eigenvalue weighted by atomic mass is 10.2. The average Bonchev–Trinajstić information content (AvgIpc) is 2.22. The van der Waals surface area contributed by atoms with Crippen molar-refractivity contribution in [2.45, 2.75) is 44.2 Å². The van der Waals surface area contributed by atoms with Gasteiger partial charge in [0, 0.05) is 20.6 Å². The number of ether oxygens (including phenoxy) is 1. The van der Waals surface area contributed by atoms with Gasteiger partial charge < -0.3 is 14.6 Å². The second kappa shape index (κ2) is 7.46. The molecule has 1 atom stereocenters. The van der Waals surface area contributed by atoms with Gasteiger partial charge in [-0.05, 0) is 18.0 Å².